The van der Waals surface area contributed by atoms with Crippen LogP contribution in [0, 0.1) is 23.7 Å². The van der Waals surface area contributed by atoms with Gasteiger partial charge in [-0.05, 0) is 53.2 Å². The Labute approximate surface area is 211 Å². The molecule has 0 amide bonds. The predicted octanol–water partition coefficient (Wildman–Crippen LogP) is 9.78. The molecule has 0 aromatic heterocycles. The molecule has 2 aromatic rings. The number of benzene rings is 2. The van der Waals surface area contributed by atoms with Crippen molar-refractivity contribution in [1.29, 1.82) is 0 Å². The van der Waals surface area contributed by atoms with Crippen molar-refractivity contribution in [3.8, 4) is 0 Å². The van der Waals surface area contributed by atoms with Crippen molar-refractivity contribution in [3.63, 3.8) is 0 Å². The summed E-state index contributed by atoms with van der Waals surface area (Å²) < 4.78 is 0. The molecule has 0 spiro atoms. The summed E-state index contributed by atoms with van der Waals surface area (Å²) in [7, 11) is 0. The Hall–Kier alpha value is -1.60. The van der Waals surface area contributed by atoms with Gasteiger partial charge in [-0.2, -0.15) is 0 Å². The standard InChI is InChI=1S/C33H52O/c1-26(2)12-9-13-27(3)14-10-15-28(4)16-11-17-29(5)20-21-30-22-24-32(25-23-30)33(34)31-18-7-6-8-19-31/h6-8,18-19,22-29,33-34H,9-17,20-21H2,1-5H3/t27-,28-,29?,33?/m1/s1. The smallest absolute Gasteiger partial charge is 0.104 e. The topological polar surface area (TPSA) is 20.2 Å². The van der Waals surface area contributed by atoms with Crippen LogP contribution in [0.4, 0.5) is 0 Å². The van der Waals surface area contributed by atoms with Crippen LogP contribution in [0.25, 0.3) is 0 Å². The minimum absolute atomic E-state index is 0.538. The second kappa shape index (κ2) is 16.1. The third-order valence-corrected chi connectivity index (χ3v) is 7.60. The molecular weight excluding hydrogens is 412 g/mol. The van der Waals surface area contributed by atoms with Gasteiger partial charge in [0, 0.05) is 0 Å². The van der Waals surface area contributed by atoms with E-state index in [0.29, 0.717) is 0 Å². The van der Waals surface area contributed by atoms with Crippen molar-refractivity contribution < 1.29 is 5.11 Å². The summed E-state index contributed by atoms with van der Waals surface area (Å²) in [6, 6.07) is 18.5. The highest BCUT2D eigenvalue weighted by atomic mass is 16.3. The van der Waals surface area contributed by atoms with Gasteiger partial charge in [0.2, 0.25) is 0 Å². The largest absolute Gasteiger partial charge is 0.384 e. The maximum atomic E-state index is 10.6. The second-order valence-electron chi connectivity index (χ2n) is 11.6. The van der Waals surface area contributed by atoms with Crippen LogP contribution < -0.4 is 0 Å². The molecule has 34 heavy (non-hydrogen) atoms. The molecule has 2 aromatic carbocycles. The van der Waals surface area contributed by atoms with Crippen molar-refractivity contribution in [1.82, 2.24) is 0 Å². The first kappa shape index (κ1) is 28.6. The number of aryl methyl sites for hydroxylation is 1. The summed E-state index contributed by atoms with van der Waals surface area (Å²) in [6.45, 7) is 12.0. The molecule has 0 aliphatic carbocycles. The van der Waals surface area contributed by atoms with E-state index in [4.69, 9.17) is 0 Å². The Balaban J connectivity index is 1.57. The molecule has 0 saturated carbocycles. The zero-order chi connectivity index (χ0) is 24.8. The lowest BCUT2D eigenvalue weighted by Gasteiger charge is -2.16. The van der Waals surface area contributed by atoms with Gasteiger partial charge in [-0.25, -0.2) is 0 Å². The fourth-order valence-corrected chi connectivity index (χ4v) is 5.04. The van der Waals surface area contributed by atoms with Crippen molar-refractivity contribution in [2.24, 2.45) is 23.7 Å². The Morgan fingerprint density at radius 2 is 0.971 bits per heavy atom. The minimum Gasteiger partial charge on any atom is -0.384 e. The molecule has 0 aliphatic heterocycles. The van der Waals surface area contributed by atoms with Crippen LogP contribution in [-0.4, -0.2) is 5.11 Å². The first-order valence-electron chi connectivity index (χ1n) is 14.2. The van der Waals surface area contributed by atoms with E-state index >= 15 is 0 Å². The molecule has 0 heterocycles. The molecule has 0 bridgehead atoms. The van der Waals surface area contributed by atoms with Crippen molar-refractivity contribution in [2.75, 3.05) is 0 Å². The number of rotatable bonds is 17. The van der Waals surface area contributed by atoms with Crippen molar-refractivity contribution >= 4 is 0 Å². The van der Waals surface area contributed by atoms with Crippen molar-refractivity contribution in [3.05, 3.63) is 71.3 Å². The lowest BCUT2D eigenvalue weighted by molar-refractivity contribution is 0.220. The Morgan fingerprint density at radius 1 is 0.529 bits per heavy atom. The van der Waals surface area contributed by atoms with E-state index < -0.39 is 6.10 Å². The van der Waals surface area contributed by atoms with E-state index in [1.54, 1.807) is 0 Å². The van der Waals surface area contributed by atoms with E-state index in [1.165, 1.54) is 69.8 Å². The average molecular weight is 465 g/mol. The van der Waals surface area contributed by atoms with Gasteiger partial charge in [-0.15, -0.1) is 0 Å². The molecule has 0 fully saturated rings. The highest BCUT2D eigenvalue weighted by molar-refractivity contribution is 5.31. The van der Waals surface area contributed by atoms with E-state index in [9.17, 15) is 5.11 Å². The van der Waals surface area contributed by atoms with Crippen LogP contribution in [0.5, 0.6) is 0 Å². The predicted molar refractivity (Wildman–Crippen MR) is 149 cm³/mol. The normalized spacial score (nSPS) is 15.3. The van der Waals surface area contributed by atoms with E-state index in [0.717, 1.165) is 41.2 Å². The van der Waals surface area contributed by atoms with Crippen LogP contribution in [0.2, 0.25) is 0 Å². The monoisotopic (exact) mass is 464 g/mol. The summed E-state index contributed by atoms with van der Waals surface area (Å²) in [4.78, 5) is 0. The summed E-state index contributed by atoms with van der Waals surface area (Å²) in [5.74, 6) is 3.41. The molecule has 0 saturated heterocycles. The van der Waals surface area contributed by atoms with Gasteiger partial charge in [-0.1, -0.05) is 147 Å². The molecule has 190 valence electrons. The molecule has 1 nitrogen and oxygen atoms in total. The highest BCUT2D eigenvalue weighted by Gasteiger charge is 2.11. The maximum absolute atomic E-state index is 10.6. The van der Waals surface area contributed by atoms with Gasteiger partial charge in [0.15, 0.2) is 0 Å². The van der Waals surface area contributed by atoms with E-state index in [-0.39, 0.29) is 0 Å². The van der Waals surface area contributed by atoms with E-state index in [2.05, 4.69) is 58.9 Å². The van der Waals surface area contributed by atoms with Crippen LogP contribution in [0.15, 0.2) is 54.6 Å². The molecule has 0 radical (unpaired) electrons. The third kappa shape index (κ3) is 11.7. The lowest BCUT2D eigenvalue weighted by Crippen LogP contribution is -2.02. The SMILES string of the molecule is CC(C)CCC[C@@H](C)CCC[C@@H](C)CCCC(C)CCc1ccc(C(O)c2ccccc2)cc1. The first-order valence-corrected chi connectivity index (χ1v) is 14.2. The van der Waals surface area contributed by atoms with Crippen LogP contribution in [0.3, 0.4) is 0 Å². The van der Waals surface area contributed by atoms with E-state index in [1.807, 2.05) is 30.3 Å². The summed E-state index contributed by atoms with van der Waals surface area (Å²) >= 11 is 0. The minimum atomic E-state index is -0.538. The average Bonchev–Trinajstić information content (AvgIpc) is 2.83. The molecule has 2 unspecified atom stereocenters. The molecule has 1 N–H and O–H groups in total. The van der Waals surface area contributed by atoms with Gasteiger partial charge in [0.25, 0.3) is 0 Å². The molecular formula is C33H52O. The quantitative estimate of drug-likeness (QED) is 0.247. The summed E-state index contributed by atoms with van der Waals surface area (Å²) in [5, 5.41) is 10.6. The molecule has 0 aliphatic rings. The van der Waals surface area contributed by atoms with Gasteiger partial charge in [-0.3, -0.25) is 0 Å². The highest BCUT2D eigenvalue weighted by Crippen LogP contribution is 2.25. The summed E-state index contributed by atoms with van der Waals surface area (Å²) in [6.07, 6.45) is 14.4. The Kier molecular flexibility index (Phi) is 13.6. The van der Waals surface area contributed by atoms with Gasteiger partial charge < -0.3 is 5.11 Å². The van der Waals surface area contributed by atoms with Crippen LogP contribution >= 0.6 is 0 Å². The van der Waals surface area contributed by atoms with Crippen molar-refractivity contribution in [2.45, 2.75) is 111 Å². The van der Waals surface area contributed by atoms with Gasteiger partial charge in [0.05, 0.1) is 0 Å². The number of hydrogen-bond donors (Lipinski definition) is 1. The molecule has 1 heteroatoms. The van der Waals surface area contributed by atoms with Crippen LogP contribution in [0.1, 0.15) is 122 Å². The molecule has 2 rings (SSSR count). The first-order chi connectivity index (χ1) is 16.3. The van der Waals surface area contributed by atoms with Crippen LogP contribution in [-0.2, 0) is 6.42 Å². The van der Waals surface area contributed by atoms with Gasteiger partial charge in [0.1, 0.15) is 6.10 Å². The van der Waals surface area contributed by atoms with Gasteiger partial charge >= 0.3 is 0 Å². The second-order valence-corrected chi connectivity index (χ2v) is 11.6. The third-order valence-electron chi connectivity index (χ3n) is 7.60. The Bertz CT molecular complexity index is 748. The summed E-state index contributed by atoms with van der Waals surface area (Å²) in [5.41, 5.74) is 3.31. The molecule has 4 atom stereocenters. The lowest BCUT2D eigenvalue weighted by atomic mass is 9.90. The number of hydrogen-bond acceptors (Lipinski definition) is 1. The fourth-order valence-electron chi connectivity index (χ4n) is 5.04. The zero-order valence-corrected chi connectivity index (χ0v) is 22.8. The maximum Gasteiger partial charge on any atom is 0.104 e. The number of aliphatic hydroxyl groups is 1. The Morgan fingerprint density at radius 3 is 1.47 bits per heavy atom. The number of aliphatic hydroxyl groups excluding tert-OH is 1. The fraction of sp³-hybridized carbons (Fsp3) is 0.636. The zero-order valence-electron chi connectivity index (χ0n) is 22.8.